The summed E-state index contributed by atoms with van der Waals surface area (Å²) in [7, 11) is 0. The second kappa shape index (κ2) is 6.13. The minimum Gasteiger partial charge on any atom is -0.389 e. The van der Waals surface area contributed by atoms with Crippen molar-refractivity contribution >= 4 is 22.7 Å². The summed E-state index contributed by atoms with van der Waals surface area (Å²) in [6.45, 7) is 7.20. The van der Waals surface area contributed by atoms with E-state index < -0.39 is 5.60 Å². The van der Waals surface area contributed by atoms with Gasteiger partial charge in [0.05, 0.1) is 16.2 Å². The highest BCUT2D eigenvalue weighted by molar-refractivity contribution is 7.20. The van der Waals surface area contributed by atoms with E-state index in [2.05, 4.69) is 27.1 Å². The Morgan fingerprint density at radius 1 is 1.42 bits per heavy atom. The van der Waals surface area contributed by atoms with Crippen LogP contribution >= 0.6 is 22.7 Å². The van der Waals surface area contributed by atoms with Crippen LogP contribution in [0.3, 0.4) is 0 Å². The van der Waals surface area contributed by atoms with Crippen LogP contribution in [-0.2, 0) is 6.54 Å². The van der Waals surface area contributed by atoms with Crippen LogP contribution in [0.25, 0.3) is 9.88 Å². The van der Waals surface area contributed by atoms with Crippen molar-refractivity contribution in [2.24, 2.45) is 5.92 Å². The van der Waals surface area contributed by atoms with Crippen LogP contribution in [0.2, 0.25) is 0 Å². The lowest BCUT2D eigenvalue weighted by molar-refractivity contribution is 0.0139. The number of nitrogens with one attached hydrogen (secondary N) is 1. The molecule has 0 aliphatic heterocycles. The van der Waals surface area contributed by atoms with E-state index in [-0.39, 0.29) is 5.92 Å². The Hall–Kier alpha value is -0.750. The van der Waals surface area contributed by atoms with E-state index in [4.69, 9.17) is 0 Å². The summed E-state index contributed by atoms with van der Waals surface area (Å²) in [5, 5.41) is 18.6. The molecule has 0 radical (unpaired) electrons. The molecule has 2 rings (SSSR count). The number of rotatable bonds is 6. The molecule has 0 aromatic carbocycles. The largest absolute Gasteiger partial charge is 0.389 e. The lowest BCUT2D eigenvalue weighted by atomic mass is 9.92. The zero-order chi connectivity index (χ0) is 13.9. The molecule has 2 N–H and O–H groups in total. The number of aliphatic hydroxyl groups is 1. The molecule has 0 aliphatic carbocycles. The number of nitrogens with zero attached hydrogens (tertiary/aromatic N) is 1. The van der Waals surface area contributed by atoms with E-state index in [9.17, 15) is 5.11 Å². The molecular formula is C14H20N2OS2. The van der Waals surface area contributed by atoms with Crippen molar-refractivity contribution in [1.29, 1.82) is 0 Å². The molecule has 0 aliphatic rings. The van der Waals surface area contributed by atoms with Gasteiger partial charge in [0, 0.05) is 18.5 Å². The van der Waals surface area contributed by atoms with Crippen molar-refractivity contribution < 1.29 is 5.11 Å². The highest BCUT2D eigenvalue weighted by Gasteiger charge is 2.24. The third-order valence-electron chi connectivity index (χ3n) is 3.32. The van der Waals surface area contributed by atoms with Crippen molar-refractivity contribution in [2.75, 3.05) is 6.54 Å². The normalized spacial score (nSPS) is 14.8. The molecule has 1 atom stereocenters. The zero-order valence-electron chi connectivity index (χ0n) is 11.5. The Morgan fingerprint density at radius 3 is 2.84 bits per heavy atom. The summed E-state index contributed by atoms with van der Waals surface area (Å²) >= 11 is 3.38. The van der Waals surface area contributed by atoms with Gasteiger partial charge < -0.3 is 10.4 Å². The molecule has 3 nitrogen and oxygen atoms in total. The molecule has 0 saturated carbocycles. The first-order chi connectivity index (χ1) is 8.99. The maximum Gasteiger partial charge on any atom is 0.133 e. The van der Waals surface area contributed by atoms with Gasteiger partial charge in [0.15, 0.2) is 0 Å². The van der Waals surface area contributed by atoms with Crippen LogP contribution in [0.5, 0.6) is 0 Å². The van der Waals surface area contributed by atoms with Crippen LogP contribution in [0.4, 0.5) is 0 Å². The van der Waals surface area contributed by atoms with E-state index >= 15 is 0 Å². The minimum atomic E-state index is -0.674. The highest BCUT2D eigenvalue weighted by atomic mass is 32.1. The molecular weight excluding hydrogens is 276 g/mol. The Labute approximate surface area is 122 Å². The van der Waals surface area contributed by atoms with Crippen molar-refractivity contribution in [3.63, 3.8) is 0 Å². The molecule has 19 heavy (non-hydrogen) atoms. The number of thiophene rings is 1. The fourth-order valence-electron chi connectivity index (χ4n) is 1.55. The SMILES string of the molecule is CC(C)C(C)(O)CNCc1csc(-c2cccs2)n1. The molecule has 1 unspecified atom stereocenters. The van der Waals surface area contributed by atoms with Gasteiger partial charge in [-0.2, -0.15) is 0 Å². The van der Waals surface area contributed by atoms with E-state index in [0.29, 0.717) is 13.1 Å². The predicted octanol–water partition coefficient (Wildman–Crippen LogP) is 3.37. The molecule has 0 saturated heterocycles. The molecule has 2 aromatic rings. The first kappa shape index (κ1) is 14.7. The third kappa shape index (κ3) is 3.86. The average molecular weight is 296 g/mol. The molecule has 0 fully saturated rings. The van der Waals surface area contributed by atoms with Gasteiger partial charge in [0.2, 0.25) is 0 Å². The monoisotopic (exact) mass is 296 g/mol. The molecule has 0 bridgehead atoms. The molecule has 0 spiro atoms. The Bertz CT molecular complexity index is 503. The average Bonchev–Trinajstić information content (AvgIpc) is 2.98. The fraction of sp³-hybridized carbons (Fsp3) is 0.500. The van der Waals surface area contributed by atoms with E-state index in [0.717, 1.165) is 10.7 Å². The number of aromatic nitrogens is 1. The fourth-order valence-corrected chi connectivity index (χ4v) is 3.18. The van der Waals surface area contributed by atoms with Crippen LogP contribution in [-0.4, -0.2) is 22.2 Å². The summed E-state index contributed by atoms with van der Waals surface area (Å²) in [5.41, 5.74) is 0.361. The van der Waals surface area contributed by atoms with Gasteiger partial charge in [0.25, 0.3) is 0 Å². The van der Waals surface area contributed by atoms with Gasteiger partial charge in [-0.15, -0.1) is 22.7 Å². The summed E-state index contributed by atoms with van der Waals surface area (Å²) in [6, 6.07) is 4.13. The predicted molar refractivity (Wildman–Crippen MR) is 82.6 cm³/mol. The minimum absolute atomic E-state index is 0.233. The van der Waals surface area contributed by atoms with Gasteiger partial charge in [-0.1, -0.05) is 19.9 Å². The van der Waals surface area contributed by atoms with Crippen molar-refractivity contribution in [1.82, 2.24) is 10.3 Å². The van der Waals surface area contributed by atoms with Crippen molar-refractivity contribution in [3.05, 3.63) is 28.6 Å². The van der Waals surface area contributed by atoms with Gasteiger partial charge >= 0.3 is 0 Å². The summed E-state index contributed by atoms with van der Waals surface area (Å²) in [5.74, 6) is 0.233. The van der Waals surface area contributed by atoms with Crippen LogP contribution in [0.15, 0.2) is 22.9 Å². The highest BCUT2D eigenvalue weighted by Crippen LogP contribution is 2.27. The van der Waals surface area contributed by atoms with Crippen LogP contribution in [0.1, 0.15) is 26.5 Å². The molecule has 0 amide bonds. The first-order valence-electron chi connectivity index (χ1n) is 6.40. The number of hydrogen-bond donors (Lipinski definition) is 2. The van der Waals surface area contributed by atoms with Crippen LogP contribution in [0, 0.1) is 5.92 Å². The molecule has 104 valence electrons. The van der Waals surface area contributed by atoms with E-state index in [1.54, 1.807) is 22.7 Å². The second-order valence-corrected chi connectivity index (χ2v) is 7.04. The topological polar surface area (TPSA) is 45.1 Å². The first-order valence-corrected chi connectivity index (χ1v) is 8.16. The summed E-state index contributed by atoms with van der Waals surface area (Å²) in [6.07, 6.45) is 0. The smallest absolute Gasteiger partial charge is 0.133 e. The molecule has 5 heteroatoms. The van der Waals surface area contributed by atoms with Gasteiger partial charge in [-0.05, 0) is 24.3 Å². The Morgan fingerprint density at radius 2 is 2.21 bits per heavy atom. The lowest BCUT2D eigenvalue weighted by Gasteiger charge is -2.27. The lowest BCUT2D eigenvalue weighted by Crippen LogP contribution is -2.41. The van der Waals surface area contributed by atoms with E-state index in [1.165, 1.54) is 4.88 Å². The van der Waals surface area contributed by atoms with Gasteiger partial charge in [-0.25, -0.2) is 4.98 Å². The maximum absolute atomic E-state index is 10.1. The molecule has 2 heterocycles. The molecule has 2 aromatic heterocycles. The Kier molecular flexibility index (Phi) is 4.73. The standard InChI is InChI=1S/C14H20N2OS2/c1-10(2)14(3,17)9-15-7-11-8-19-13(16-11)12-5-4-6-18-12/h4-6,8,10,15,17H,7,9H2,1-3H3. The summed E-state index contributed by atoms with van der Waals surface area (Å²) < 4.78 is 0. The quantitative estimate of drug-likeness (QED) is 0.859. The van der Waals surface area contributed by atoms with Gasteiger partial charge in [0.1, 0.15) is 5.01 Å². The van der Waals surface area contributed by atoms with Crippen molar-refractivity contribution in [3.8, 4) is 9.88 Å². The van der Waals surface area contributed by atoms with Gasteiger partial charge in [-0.3, -0.25) is 0 Å². The number of thiazole rings is 1. The number of hydrogen-bond acceptors (Lipinski definition) is 5. The summed E-state index contributed by atoms with van der Waals surface area (Å²) in [4.78, 5) is 5.82. The maximum atomic E-state index is 10.1. The van der Waals surface area contributed by atoms with Crippen molar-refractivity contribution in [2.45, 2.75) is 32.9 Å². The zero-order valence-corrected chi connectivity index (χ0v) is 13.1. The van der Waals surface area contributed by atoms with Crippen LogP contribution < -0.4 is 5.32 Å². The Balaban J connectivity index is 1.88. The van der Waals surface area contributed by atoms with E-state index in [1.807, 2.05) is 26.8 Å². The third-order valence-corrected chi connectivity index (χ3v) is 5.25. The second-order valence-electron chi connectivity index (χ2n) is 5.24.